The number of aliphatic hydroxyl groups excluding tert-OH is 4. The van der Waals surface area contributed by atoms with Gasteiger partial charge >= 0.3 is 11.9 Å². The summed E-state index contributed by atoms with van der Waals surface area (Å²) in [5.41, 5.74) is -0.00332. The fourth-order valence-corrected chi connectivity index (χ4v) is 23.0. The van der Waals surface area contributed by atoms with Gasteiger partial charge in [0.05, 0.1) is 105 Å². The van der Waals surface area contributed by atoms with E-state index in [2.05, 4.69) is 67.5 Å². The molecule has 14 rings (SSSR count). The average Bonchev–Trinajstić information content (AvgIpc) is 1.58. The topological polar surface area (TPSA) is 363 Å². The van der Waals surface area contributed by atoms with Crippen LogP contribution < -0.4 is 0 Å². The first-order valence-electron chi connectivity index (χ1n) is 46.7. The highest BCUT2D eigenvalue weighted by atomic mass is 32.2. The molecule has 5 N–H and O–H groups in total. The van der Waals surface area contributed by atoms with Crippen molar-refractivity contribution in [2.45, 2.75) is 402 Å². The third-order valence-corrected chi connectivity index (χ3v) is 30.1. The van der Waals surface area contributed by atoms with Crippen molar-refractivity contribution in [1.29, 1.82) is 0 Å². The minimum Gasteiger partial charge on any atom is -0.462 e. The molecule has 12 aliphatic heterocycles. The first-order chi connectivity index (χ1) is 60.2. The van der Waals surface area contributed by atoms with Gasteiger partial charge in [-0.3, -0.25) is 13.8 Å². The van der Waals surface area contributed by atoms with E-state index in [0.717, 1.165) is 36.7 Å². The standard InChI is InChI=1S/C49H76O16S.C47H72O14/c1-12-26(2)44-29(5)18-19-48(64-44)24-35-21-34(63-48)17-16-28(4)43(61-40-23-38(56-10)45(32(8)59-40)62-39-22-37(55-9)42(51)31(7)58-39)27(3)14-13-15-33-25-57-46-41(50)30(6)20-36(47(52)60-35)49(33,46)65-66(11,53)54;1-24(2)41-27(5)16-17-46(61-41)22-33-19-32(60-46)15-14-26(4)42(25(3)12-11-13-31-23-54-44-39(48)28(6)18-34(45(50)57-33)47(31,44)51)58-38-21-36(53-10)43(30(8)56-38)59-37-20-35(52-9)40(49)29(7)55-37/h13-16,20,26-27,29,31-32,34-46,50-51H,12,17-19,21-25H2,1-11H3;11-14,18,24-25,27,29-30,32-44,48-49,51H,15-17,19-23H2,1-10H3/b14-13+,28-16+,33-15+;12-11+,26-14+,31-13+/t26-,27-,29-,31-,32-,34+,35-,36-,37-,38-,39-,40-,41+,42-,43-,44+,45-,46+,48+,49+;25-,27-,29-,30-,32+,33-,34-,35-,36-,37-,38-,39+,40-,41+,42-,43-,44+,46+,47+/m00/s1. The summed E-state index contributed by atoms with van der Waals surface area (Å²) in [6, 6.07) is 0. The lowest BCUT2D eigenvalue weighted by Crippen LogP contribution is -2.60. The number of esters is 2. The molecule has 2 spiro atoms. The average molecular weight is 1810 g/mol. The van der Waals surface area contributed by atoms with Crippen LogP contribution in [-0.2, 0) is 119 Å². The van der Waals surface area contributed by atoms with Crippen LogP contribution in [0.1, 0.15) is 207 Å². The van der Waals surface area contributed by atoms with E-state index in [1.54, 1.807) is 86.5 Å². The van der Waals surface area contributed by atoms with E-state index >= 15 is 0 Å². The number of ether oxygens (including phenoxy) is 20. The lowest BCUT2D eigenvalue weighted by Gasteiger charge is -2.51. The maximum absolute atomic E-state index is 14.7. The van der Waals surface area contributed by atoms with Gasteiger partial charge in [-0.05, 0) is 138 Å². The lowest BCUT2D eigenvalue weighted by molar-refractivity contribution is -0.341. The van der Waals surface area contributed by atoms with Crippen LogP contribution in [0.4, 0.5) is 0 Å². The Morgan fingerprint density at radius 3 is 1.38 bits per heavy atom. The summed E-state index contributed by atoms with van der Waals surface area (Å²) in [6.45, 7) is 32.1. The molecule has 0 aromatic heterocycles. The van der Waals surface area contributed by atoms with Gasteiger partial charge in [0.15, 0.2) is 42.3 Å². The predicted molar refractivity (Wildman–Crippen MR) is 464 cm³/mol. The van der Waals surface area contributed by atoms with E-state index in [0.29, 0.717) is 111 Å². The van der Waals surface area contributed by atoms with Crippen molar-refractivity contribution < 1.29 is 142 Å². The number of hydrogen-bond acceptors (Lipinski definition) is 30. The summed E-state index contributed by atoms with van der Waals surface area (Å²) in [5.74, 6) is -4.81. The number of hydrogen-bond donors (Lipinski definition) is 5. The Kier molecular flexibility index (Phi) is 33.2. The van der Waals surface area contributed by atoms with Crippen molar-refractivity contribution >= 4 is 22.1 Å². The molecule has 10 saturated heterocycles. The minimum absolute atomic E-state index is 0.0210. The van der Waals surface area contributed by atoms with Gasteiger partial charge < -0.3 is 120 Å². The Labute approximate surface area is 751 Å². The Hall–Kier alpha value is -4.15. The molecule has 0 saturated carbocycles. The van der Waals surface area contributed by atoms with E-state index in [9.17, 15) is 43.5 Å². The van der Waals surface area contributed by atoms with Crippen molar-refractivity contribution in [2.24, 2.45) is 47.3 Å². The Bertz CT molecular complexity index is 4100. The summed E-state index contributed by atoms with van der Waals surface area (Å²) >= 11 is 0. The zero-order valence-corrected chi connectivity index (χ0v) is 79.2. The molecule has 12 heterocycles. The number of carbonyl (C=O) groups excluding carboxylic acids is 2. The number of methoxy groups -OCH3 is 4. The molecule has 30 nitrogen and oxygen atoms in total. The van der Waals surface area contributed by atoms with Gasteiger partial charge in [-0.15, -0.1) is 0 Å². The second kappa shape index (κ2) is 42.0. The number of allylic oxidation sites excluding steroid dienone is 4. The predicted octanol–water partition coefficient (Wildman–Crippen LogP) is 10.8. The molecule has 0 aromatic rings. The highest BCUT2D eigenvalue weighted by molar-refractivity contribution is 7.86. The molecular weight excluding hydrogens is 1670 g/mol. The first kappa shape index (κ1) is 100. The van der Waals surface area contributed by atoms with Crippen LogP contribution in [0.2, 0.25) is 0 Å². The molecule has 10 fully saturated rings. The van der Waals surface area contributed by atoms with Gasteiger partial charge in [-0.25, -0.2) is 0 Å². The van der Waals surface area contributed by atoms with Gasteiger partial charge in [-0.1, -0.05) is 123 Å². The van der Waals surface area contributed by atoms with Gasteiger partial charge in [0.2, 0.25) is 0 Å². The zero-order chi connectivity index (χ0) is 91.8. The van der Waals surface area contributed by atoms with Crippen LogP contribution in [0.25, 0.3) is 0 Å². The summed E-state index contributed by atoms with van der Waals surface area (Å²) in [7, 11) is 2.18. The monoisotopic (exact) mass is 1810 g/mol. The molecule has 127 heavy (non-hydrogen) atoms. The molecular formula is C96H148O30S. The molecule has 0 aromatic carbocycles. The summed E-state index contributed by atoms with van der Waals surface area (Å²) < 4.78 is 160. The second-order valence-corrected chi connectivity index (χ2v) is 40.9. The van der Waals surface area contributed by atoms with Gasteiger partial charge in [0.25, 0.3) is 10.1 Å². The Morgan fingerprint density at radius 1 is 0.504 bits per heavy atom. The Balaban J connectivity index is 0.000000218. The van der Waals surface area contributed by atoms with Crippen molar-refractivity contribution in [1.82, 2.24) is 0 Å². The second-order valence-electron chi connectivity index (χ2n) is 39.3. The molecule has 2 aliphatic carbocycles. The minimum atomic E-state index is -4.24. The molecule has 39 atom stereocenters. The van der Waals surface area contributed by atoms with Crippen LogP contribution >= 0.6 is 0 Å². The van der Waals surface area contributed by atoms with Crippen molar-refractivity contribution in [3.05, 3.63) is 94.2 Å². The first-order valence-corrected chi connectivity index (χ1v) is 48.5. The molecule has 0 amide bonds. The molecule has 0 unspecified atom stereocenters. The van der Waals surface area contributed by atoms with Crippen LogP contribution in [-0.4, -0.2) is 288 Å². The molecule has 14 aliphatic rings. The van der Waals surface area contributed by atoms with Crippen LogP contribution in [0, 0.1) is 47.3 Å². The summed E-state index contributed by atoms with van der Waals surface area (Å²) in [5, 5.41) is 56.2. The van der Waals surface area contributed by atoms with E-state index in [1.807, 2.05) is 45.9 Å². The van der Waals surface area contributed by atoms with Crippen molar-refractivity contribution in [2.75, 3.05) is 47.9 Å². The number of fused-ring (bicyclic) bond motifs is 4. The highest BCUT2D eigenvalue weighted by Gasteiger charge is 2.65. The zero-order valence-electron chi connectivity index (χ0n) is 78.4. The smallest absolute Gasteiger partial charge is 0.316 e. The fraction of sp³-hybridized carbons (Fsp3) is 0.812. The molecule has 718 valence electrons. The third kappa shape index (κ3) is 22.0. The number of aliphatic hydroxyl groups is 5. The normalized spacial score (nSPS) is 48.4. The van der Waals surface area contributed by atoms with E-state index < -0.39 is 204 Å². The quantitative estimate of drug-likeness (QED) is 0.0513. The fourth-order valence-electron chi connectivity index (χ4n) is 22.2. The van der Waals surface area contributed by atoms with Crippen LogP contribution in [0.3, 0.4) is 0 Å². The molecule has 0 radical (unpaired) electrons. The molecule has 4 bridgehead atoms. The van der Waals surface area contributed by atoms with E-state index in [1.165, 1.54) is 0 Å². The lowest BCUT2D eigenvalue weighted by atomic mass is 9.71. The maximum atomic E-state index is 14.7. The molecule has 31 heteroatoms. The largest absolute Gasteiger partial charge is 0.462 e. The van der Waals surface area contributed by atoms with Crippen LogP contribution in [0.5, 0.6) is 0 Å². The van der Waals surface area contributed by atoms with E-state index in [4.69, 9.17) is 98.9 Å². The van der Waals surface area contributed by atoms with Gasteiger partial charge in [-0.2, -0.15) is 8.42 Å². The number of rotatable bonds is 17. The Morgan fingerprint density at radius 2 is 0.913 bits per heavy atom. The maximum Gasteiger partial charge on any atom is 0.316 e. The van der Waals surface area contributed by atoms with Crippen molar-refractivity contribution in [3.63, 3.8) is 0 Å². The van der Waals surface area contributed by atoms with Crippen molar-refractivity contribution in [3.8, 4) is 0 Å². The number of carbonyl (C=O) groups is 2. The summed E-state index contributed by atoms with van der Waals surface area (Å²) in [6.07, 6.45) is 11.3. The van der Waals surface area contributed by atoms with Gasteiger partial charge in [0, 0.05) is 104 Å². The van der Waals surface area contributed by atoms with E-state index in [-0.39, 0.29) is 61.3 Å². The summed E-state index contributed by atoms with van der Waals surface area (Å²) in [4.78, 5) is 29.1. The van der Waals surface area contributed by atoms with Crippen LogP contribution in [0.15, 0.2) is 94.2 Å². The SMILES string of the molecule is CC[C@H](C)[C@H]1O[C@]2(CC[C@@H]1C)C[C@@H]1C[C@@H](C/C=C(\C)[C@@H](O[C@H]3C[C@H](OC)[C@@H](O[C@H]4C[C@H](OC)[C@@H](O)[C@H](C)O4)[C@H](C)O3)[C@@H](C)/C=C/C=C3\CO[C@@H]4[C@H](O)C(C)=C[C@@H](C(=O)O1)[C@]34OS(C)(=O)=O)O2.CO[C@H]1C[C@H](O[C@H]2[C@H](C)O[C@@H](O[C@@H]3/C(C)=C/C[C@@H]4C[C@@H](C[C@]5(CC[C@H](C)[C@@H](C(C)C)O5)O4)OC(=O)[C@@H]4C=C(C)[C@@H](O)[C@H]5OC/C(=C\C=C\[C@@H]3C)[C@]54O)C[C@@H]2OC)O[C@@H](C)[C@@H]1O. The third-order valence-electron chi connectivity index (χ3n) is 29.6. The highest BCUT2D eigenvalue weighted by Crippen LogP contribution is 2.53. The van der Waals surface area contributed by atoms with Gasteiger partial charge in [0.1, 0.15) is 78.5 Å².